The summed E-state index contributed by atoms with van der Waals surface area (Å²) in [6.07, 6.45) is 0. The molecule has 0 amide bonds. The molecule has 3 rings (SSSR count). The van der Waals surface area contributed by atoms with Crippen LogP contribution in [0.2, 0.25) is 0 Å². The van der Waals surface area contributed by atoms with Crippen LogP contribution in [0.25, 0.3) is 21.5 Å². The van der Waals surface area contributed by atoms with Crippen molar-refractivity contribution >= 4 is 39.2 Å². The molecule has 114 valence electrons. The Balaban J connectivity index is 2.61. The Labute approximate surface area is 128 Å². The van der Waals surface area contributed by atoms with Crippen molar-refractivity contribution < 1.29 is 24.7 Å². The maximum Gasteiger partial charge on any atom is 0.337 e. The summed E-state index contributed by atoms with van der Waals surface area (Å²) in [5, 5.41) is 31.2. The van der Waals surface area contributed by atoms with Crippen molar-refractivity contribution in [1.29, 1.82) is 0 Å². The van der Waals surface area contributed by atoms with E-state index in [4.69, 9.17) is 5.11 Å². The minimum Gasteiger partial charge on any atom is -0.478 e. The van der Waals surface area contributed by atoms with Crippen molar-refractivity contribution in [2.75, 3.05) is 0 Å². The number of fused-ring (bicyclic) bond motifs is 3. The van der Waals surface area contributed by atoms with Crippen LogP contribution < -0.4 is 0 Å². The number of carbonyl (C=O) groups is 2. The molecular formula is C16H9NO6. The molecule has 3 aromatic rings. The monoisotopic (exact) mass is 311 g/mol. The molecule has 7 heteroatoms. The van der Waals surface area contributed by atoms with E-state index in [9.17, 15) is 24.8 Å². The first-order chi connectivity index (χ1) is 10.9. The number of aromatic carboxylic acids is 2. The van der Waals surface area contributed by atoms with Gasteiger partial charge in [-0.2, -0.15) is 0 Å². The molecule has 0 unspecified atom stereocenters. The Kier molecular flexibility index (Phi) is 3.18. The van der Waals surface area contributed by atoms with E-state index >= 15 is 0 Å². The number of rotatable bonds is 3. The van der Waals surface area contributed by atoms with E-state index < -0.39 is 28.0 Å². The van der Waals surface area contributed by atoms with Gasteiger partial charge in [0.2, 0.25) is 0 Å². The predicted molar refractivity (Wildman–Crippen MR) is 82.0 cm³/mol. The average molecular weight is 311 g/mol. The van der Waals surface area contributed by atoms with Crippen molar-refractivity contribution in [1.82, 2.24) is 0 Å². The quantitative estimate of drug-likeness (QED) is 0.435. The fraction of sp³-hybridized carbons (Fsp3) is 0. The molecule has 0 heterocycles. The van der Waals surface area contributed by atoms with E-state index in [1.54, 1.807) is 24.3 Å². The summed E-state index contributed by atoms with van der Waals surface area (Å²) in [6, 6.07) is 10.3. The van der Waals surface area contributed by atoms with E-state index in [-0.39, 0.29) is 11.1 Å². The highest BCUT2D eigenvalue weighted by atomic mass is 16.6. The van der Waals surface area contributed by atoms with Crippen LogP contribution in [-0.4, -0.2) is 27.1 Å². The van der Waals surface area contributed by atoms with Gasteiger partial charge in [0.25, 0.3) is 5.69 Å². The largest absolute Gasteiger partial charge is 0.478 e. The van der Waals surface area contributed by atoms with Gasteiger partial charge in [0, 0.05) is 11.5 Å². The lowest BCUT2D eigenvalue weighted by Crippen LogP contribution is -2.09. The first kappa shape index (κ1) is 14.5. The van der Waals surface area contributed by atoms with Crippen LogP contribution in [0.5, 0.6) is 0 Å². The number of nitro benzene ring substituents is 1. The number of non-ortho nitro benzene ring substituents is 1. The maximum atomic E-state index is 11.5. The molecular weight excluding hydrogens is 302 g/mol. The van der Waals surface area contributed by atoms with Crippen LogP contribution in [0, 0.1) is 10.1 Å². The van der Waals surface area contributed by atoms with Crippen molar-refractivity contribution in [3.8, 4) is 0 Å². The fourth-order valence-electron chi connectivity index (χ4n) is 2.72. The molecule has 7 nitrogen and oxygen atoms in total. The average Bonchev–Trinajstić information content (AvgIpc) is 2.52. The minimum atomic E-state index is -1.45. The molecule has 0 aromatic heterocycles. The molecule has 0 radical (unpaired) electrons. The number of nitro groups is 1. The topological polar surface area (TPSA) is 118 Å². The van der Waals surface area contributed by atoms with Crippen molar-refractivity contribution in [3.63, 3.8) is 0 Å². The van der Waals surface area contributed by atoms with Gasteiger partial charge in [-0.25, -0.2) is 9.59 Å². The third-order valence-electron chi connectivity index (χ3n) is 3.66. The molecule has 0 saturated carbocycles. The molecule has 2 N–H and O–H groups in total. The third kappa shape index (κ3) is 2.15. The molecule has 0 fully saturated rings. The summed E-state index contributed by atoms with van der Waals surface area (Å²) < 4.78 is 0. The Morgan fingerprint density at radius 1 is 0.870 bits per heavy atom. The lowest BCUT2D eigenvalue weighted by molar-refractivity contribution is -0.382. The highest BCUT2D eigenvalue weighted by Gasteiger charge is 2.23. The molecule has 0 spiro atoms. The minimum absolute atomic E-state index is 0.0304. The first-order valence-corrected chi connectivity index (χ1v) is 6.51. The van der Waals surface area contributed by atoms with E-state index in [0.717, 1.165) is 6.07 Å². The molecule has 0 aliphatic rings. The standard InChI is InChI=1S/C16H9NO6/c18-15(19)11-6-5-9-8-3-1-2-4-10(8)13(17(22)23)7-12(9)14(11)16(20)21/h1-7H,(H,18,19)(H,20,21). The van der Waals surface area contributed by atoms with Gasteiger partial charge >= 0.3 is 11.9 Å². The van der Waals surface area contributed by atoms with Crippen LogP contribution in [0.1, 0.15) is 20.7 Å². The lowest BCUT2D eigenvalue weighted by atomic mass is 9.94. The molecule has 0 aliphatic carbocycles. The summed E-state index contributed by atoms with van der Waals surface area (Å²) in [4.78, 5) is 33.5. The highest BCUT2D eigenvalue weighted by molar-refractivity contribution is 6.19. The zero-order chi connectivity index (χ0) is 16.7. The molecule has 3 aromatic carbocycles. The maximum absolute atomic E-state index is 11.5. The Morgan fingerprint density at radius 2 is 1.48 bits per heavy atom. The highest BCUT2D eigenvalue weighted by Crippen LogP contribution is 2.35. The van der Waals surface area contributed by atoms with Gasteiger partial charge in [0.1, 0.15) is 0 Å². The molecule has 0 saturated heterocycles. The van der Waals surface area contributed by atoms with Gasteiger partial charge in [-0.1, -0.05) is 24.3 Å². The smallest absolute Gasteiger partial charge is 0.337 e. The van der Waals surface area contributed by atoms with Crippen molar-refractivity contribution in [3.05, 3.63) is 63.7 Å². The predicted octanol–water partition coefficient (Wildman–Crippen LogP) is 3.30. The Bertz CT molecular complexity index is 1010. The van der Waals surface area contributed by atoms with E-state index in [1.165, 1.54) is 12.1 Å². The van der Waals surface area contributed by atoms with Crippen LogP contribution in [0.4, 0.5) is 5.69 Å². The number of hydrogen-bond acceptors (Lipinski definition) is 4. The van der Waals surface area contributed by atoms with Crippen LogP contribution >= 0.6 is 0 Å². The van der Waals surface area contributed by atoms with E-state index in [1.807, 2.05) is 0 Å². The summed E-state index contributed by atoms with van der Waals surface area (Å²) in [6.45, 7) is 0. The van der Waals surface area contributed by atoms with Gasteiger partial charge in [0.15, 0.2) is 0 Å². The Morgan fingerprint density at radius 3 is 2.04 bits per heavy atom. The van der Waals surface area contributed by atoms with Gasteiger partial charge in [-0.3, -0.25) is 10.1 Å². The van der Waals surface area contributed by atoms with E-state index in [0.29, 0.717) is 16.2 Å². The van der Waals surface area contributed by atoms with Crippen molar-refractivity contribution in [2.45, 2.75) is 0 Å². The first-order valence-electron chi connectivity index (χ1n) is 6.51. The number of hydrogen-bond donors (Lipinski definition) is 2. The molecule has 0 aliphatic heterocycles. The second-order valence-electron chi connectivity index (χ2n) is 4.89. The number of nitrogens with zero attached hydrogens (tertiary/aromatic N) is 1. The Hall–Kier alpha value is -3.48. The molecule has 23 heavy (non-hydrogen) atoms. The summed E-state index contributed by atoms with van der Waals surface area (Å²) in [7, 11) is 0. The van der Waals surface area contributed by atoms with Crippen LogP contribution in [0.15, 0.2) is 42.5 Å². The number of benzene rings is 3. The van der Waals surface area contributed by atoms with E-state index in [2.05, 4.69) is 0 Å². The van der Waals surface area contributed by atoms with Gasteiger partial charge in [-0.05, 0) is 22.9 Å². The van der Waals surface area contributed by atoms with Crippen LogP contribution in [0.3, 0.4) is 0 Å². The third-order valence-corrected chi connectivity index (χ3v) is 3.66. The zero-order valence-corrected chi connectivity index (χ0v) is 11.5. The van der Waals surface area contributed by atoms with Crippen LogP contribution in [-0.2, 0) is 0 Å². The van der Waals surface area contributed by atoms with Gasteiger partial charge in [-0.15, -0.1) is 0 Å². The van der Waals surface area contributed by atoms with Gasteiger partial charge in [0.05, 0.1) is 21.4 Å². The lowest BCUT2D eigenvalue weighted by Gasteiger charge is -2.10. The molecule has 0 bridgehead atoms. The van der Waals surface area contributed by atoms with Gasteiger partial charge < -0.3 is 10.2 Å². The summed E-state index contributed by atoms with van der Waals surface area (Å²) in [5.74, 6) is -2.85. The zero-order valence-electron chi connectivity index (χ0n) is 11.5. The fourth-order valence-corrected chi connectivity index (χ4v) is 2.72. The number of carboxylic acid groups (broad SMARTS) is 2. The SMILES string of the molecule is O=C(O)c1ccc2c(cc([N+](=O)[O-])c3ccccc32)c1C(=O)O. The second kappa shape index (κ2) is 5.06. The normalized spacial score (nSPS) is 10.8. The molecule has 0 atom stereocenters. The summed E-state index contributed by atoms with van der Waals surface area (Å²) in [5.41, 5.74) is -1.13. The summed E-state index contributed by atoms with van der Waals surface area (Å²) >= 11 is 0. The van der Waals surface area contributed by atoms with Crippen molar-refractivity contribution in [2.24, 2.45) is 0 Å². The second-order valence-corrected chi connectivity index (χ2v) is 4.89. The number of carboxylic acids is 2.